The van der Waals surface area contributed by atoms with Crippen molar-refractivity contribution in [2.24, 2.45) is 0 Å². The third-order valence-corrected chi connectivity index (χ3v) is 5.07. The maximum atomic E-state index is 4.80. The van der Waals surface area contributed by atoms with E-state index in [1.54, 1.807) is 11.3 Å². The zero-order valence-electron chi connectivity index (χ0n) is 12.3. The predicted octanol–water partition coefficient (Wildman–Crippen LogP) is 5.14. The van der Waals surface area contributed by atoms with E-state index in [1.807, 2.05) is 0 Å². The number of aryl methyl sites for hydroxylation is 3. The molecule has 0 bridgehead atoms. The molecule has 0 fully saturated rings. The van der Waals surface area contributed by atoms with E-state index in [9.17, 15) is 0 Å². The van der Waals surface area contributed by atoms with E-state index in [0.717, 1.165) is 10.7 Å². The van der Waals surface area contributed by atoms with Crippen molar-refractivity contribution in [3.8, 4) is 11.3 Å². The number of hydrogen-bond acceptors (Lipinski definition) is 2. The Hall–Kier alpha value is -2.13. The number of imidazole rings is 1. The summed E-state index contributed by atoms with van der Waals surface area (Å²) in [5.74, 6) is 0. The van der Waals surface area contributed by atoms with E-state index in [2.05, 4.69) is 67.8 Å². The van der Waals surface area contributed by atoms with Gasteiger partial charge in [-0.1, -0.05) is 29.5 Å². The minimum absolute atomic E-state index is 1.05. The molecule has 4 rings (SSSR count). The van der Waals surface area contributed by atoms with Crippen LogP contribution in [0.15, 0.2) is 42.6 Å². The summed E-state index contributed by atoms with van der Waals surface area (Å²) in [6.07, 6.45) is 2.15. The molecule has 3 heteroatoms. The summed E-state index contributed by atoms with van der Waals surface area (Å²) >= 11 is 1.75. The topological polar surface area (TPSA) is 17.3 Å². The first-order chi connectivity index (χ1) is 10.1. The fourth-order valence-electron chi connectivity index (χ4n) is 2.65. The van der Waals surface area contributed by atoms with Gasteiger partial charge in [-0.05, 0) is 55.7 Å². The first-order valence-electron chi connectivity index (χ1n) is 7.08. The first-order valence-corrected chi connectivity index (χ1v) is 7.89. The second-order valence-electron chi connectivity index (χ2n) is 5.65. The molecule has 2 aromatic carbocycles. The Bertz CT molecular complexity index is 976. The largest absolute Gasteiger partial charge is 0.290 e. The maximum absolute atomic E-state index is 4.80. The van der Waals surface area contributed by atoms with Crippen molar-refractivity contribution in [2.45, 2.75) is 20.8 Å². The molecule has 0 radical (unpaired) electrons. The van der Waals surface area contributed by atoms with Crippen LogP contribution in [0.4, 0.5) is 0 Å². The Labute approximate surface area is 127 Å². The highest BCUT2D eigenvalue weighted by Gasteiger charge is 2.10. The van der Waals surface area contributed by atoms with Crippen LogP contribution in [-0.4, -0.2) is 9.38 Å². The normalized spacial score (nSPS) is 11.6. The van der Waals surface area contributed by atoms with Crippen LogP contribution in [0.1, 0.15) is 16.7 Å². The molecule has 0 aliphatic carbocycles. The molecule has 0 N–H and O–H groups in total. The number of aromatic nitrogens is 2. The summed E-state index contributed by atoms with van der Waals surface area (Å²) < 4.78 is 3.49. The minimum atomic E-state index is 1.05. The maximum Gasteiger partial charge on any atom is 0.195 e. The van der Waals surface area contributed by atoms with Crippen LogP contribution >= 0.6 is 11.3 Å². The van der Waals surface area contributed by atoms with Gasteiger partial charge in [0, 0.05) is 11.8 Å². The zero-order chi connectivity index (χ0) is 14.6. The van der Waals surface area contributed by atoms with E-state index in [1.165, 1.54) is 32.5 Å². The minimum Gasteiger partial charge on any atom is -0.290 e. The van der Waals surface area contributed by atoms with Gasteiger partial charge in [-0.25, -0.2) is 4.98 Å². The number of hydrogen-bond donors (Lipinski definition) is 0. The van der Waals surface area contributed by atoms with E-state index in [0.29, 0.717) is 0 Å². The highest BCUT2D eigenvalue weighted by molar-refractivity contribution is 7.23. The van der Waals surface area contributed by atoms with Crippen molar-refractivity contribution < 1.29 is 0 Å². The Morgan fingerprint density at radius 1 is 0.952 bits per heavy atom. The molecule has 0 saturated carbocycles. The van der Waals surface area contributed by atoms with Gasteiger partial charge in [0.2, 0.25) is 0 Å². The van der Waals surface area contributed by atoms with Crippen LogP contribution in [0, 0.1) is 20.8 Å². The SMILES string of the molecule is Cc1ccc2c(c1)sc1nc(-c3ccc(C)c(C)c3)cn12. The zero-order valence-corrected chi connectivity index (χ0v) is 13.2. The number of fused-ring (bicyclic) bond motifs is 3. The Morgan fingerprint density at radius 3 is 2.62 bits per heavy atom. The lowest BCUT2D eigenvalue weighted by Crippen LogP contribution is -1.83. The van der Waals surface area contributed by atoms with Crippen LogP contribution in [0.3, 0.4) is 0 Å². The molecule has 21 heavy (non-hydrogen) atoms. The summed E-state index contributed by atoms with van der Waals surface area (Å²) in [4.78, 5) is 5.86. The second-order valence-corrected chi connectivity index (χ2v) is 6.66. The molecule has 2 nitrogen and oxygen atoms in total. The van der Waals surface area contributed by atoms with Crippen LogP contribution < -0.4 is 0 Å². The van der Waals surface area contributed by atoms with Gasteiger partial charge in [0.25, 0.3) is 0 Å². The number of benzene rings is 2. The van der Waals surface area contributed by atoms with Gasteiger partial charge in [0.15, 0.2) is 4.96 Å². The Balaban J connectivity index is 1.92. The number of nitrogens with zero attached hydrogens (tertiary/aromatic N) is 2. The molecule has 0 amide bonds. The van der Waals surface area contributed by atoms with Crippen molar-refractivity contribution in [2.75, 3.05) is 0 Å². The molecule has 0 atom stereocenters. The van der Waals surface area contributed by atoms with Crippen molar-refractivity contribution in [1.29, 1.82) is 0 Å². The quantitative estimate of drug-likeness (QED) is 0.475. The number of rotatable bonds is 1. The molecule has 104 valence electrons. The van der Waals surface area contributed by atoms with Crippen LogP contribution in [0.2, 0.25) is 0 Å². The highest BCUT2D eigenvalue weighted by atomic mass is 32.1. The lowest BCUT2D eigenvalue weighted by atomic mass is 10.1. The van der Waals surface area contributed by atoms with E-state index < -0.39 is 0 Å². The van der Waals surface area contributed by atoms with E-state index in [-0.39, 0.29) is 0 Å². The van der Waals surface area contributed by atoms with Gasteiger partial charge in [0.1, 0.15) is 0 Å². The molecule has 4 aromatic rings. The fourth-order valence-corrected chi connectivity index (χ4v) is 3.75. The Kier molecular flexibility index (Phi) is 2.66. The third-order valence-electron chi connectivity index (χ3n) is 4.05. The monoisotopic (exact) mass is 292 g/mol. The molecule has 2 aromatic heterocycles. The molecule has 0 spiro atoms. The van der Waals surface area contributed by atoms with Crippen molar-refractivity contribution in [3.63, 3.8) is 0 Å². The van der Waals surface area contributed by atoms with Gasteiger partial charge < -0.3 is 0 Å². The van der Waals surface area contributed by atoms with Gasteiger partial charge in [-0.15, -0.1) is 0 Å². The highest BCUT2D eigenvalue weighted by Crippen LogP contribution is 2.30. The van der Waals surface area contributed by atoms with Crippen molar-refractivity contribution in [1.82, 2.24) is 9.38 Å². The smallest absolute Gasteiger partial charge is 0.195 e. The predicted molar refractivity (Wildman–Crippen MR) is 90.2 cm³/mol. The van der Waals surface area contributed by atoms with Gasteiger partial charge >= 0.3 is 0 Å². The Morgan fingerprint density at radius 2 is 1.81 bits per heavy atom. The molecular weight excluding hydrogens is 276 g/mol. The molecule has 0 aliphatic heterocycles. The average molecular weight is 292 g/mol. The molecule has 0 unspecified atom stereocenters. The molecule has 0 saturated heterocycles. The van der Waals surface area contributed by atoms with Gasteiger partial charge in [-0.3, -0.25) is 4.40 Å². The average Bonchev–Trinajstić information content (AvgIpc) is 2.98. The first kappa shape index (κ1) is 12.6. The standard InChI is InChI=1S/C18H16N2S/c1-11-4-7-16-17(8-11)21-18-19-15(10-20(16)18)14-6-5-12(2)13(3)9-14/h4-10H,1-3H3. The second kappa shape index (κ2) is 4.43. The van der Waals surface area contributed by atoms with Crippen molar-refractivity contribution in [3.05, 3.63) is 59.3 Å². The summed E-state index contributed by atoms with van der Waals surface area (Å²) in [6.45, 7) is 6.42. The van der Waals surface area contributed by atoms with E-state index in [4.69, 9.17) is 4.98 Å². The fraction of sp³-hybridized carbons (Fsp3) is 0.167. The van der Waals surface area contributed by atoms with Crippen LogP contribution in [-0.2, 0) is 0 Å². The van der Waals surface area contributed by atoms with E-state index >= 15 is 0 Å². The summed E-state index contributed by atoms with van der Waals surface area (Å²) in [5.41, 5.74) is 7.40. The number of thiazole rings is 1. The van der Waals surface area contributed by atoms with Gasteiger partial charge in [-0.2, -0.15) is 0 Å². The van der Waals surface area contributed by atoms with Gasteiger partial charge in [0.05, 0.1) is 15.9 Å². The lowest BCUT2D eigenvalue weighted by molar-refractivity contribution is 1.29. The summed E-state index contributed by atoms with van der Waals surface area (Å²) in [6, 6.07) is 13.1. The van der Waals surface area contributed by atoms with Crippen LogP contribution in [0.5, 0.6) is 0 Å². The molecule has 0 aliphatic rings. The van der Waals surface area contributed by atoms with Crippen LogP contribution in [0.25, 0.3) is 26.4 Å². The molecule has 2 heterocycles. The molecular formula is C18H16N2S. The lowest BCUT2D eigenvalue weighted by Gasteiger charge is -2.02. The third kappa shape index (κ3) is 1.96. The van der Waals surface area contributed by atoms with Crippen molar-refractivity contribution >= 4 is 26.5 Å². The summed E-state index contributed by atoms with van der Waals surface area (Å²) in [7, 11) is 0. The summed E-state index contributed by atoms with van der Waals surface area (Å²) in [5, 5.41) is 0.